The van der Waals surface area contributed by atoms with Gasteiger partial charge < -0.3 is 5.11 Å². The minimum atomic E-state index is -4.39. The van der Waals surface area contributed by atoms with E-state index in [1.165, 1.54) is 6.07 Å². The van der Waals surface area contributed by atoms with Crippen molar-refractivity contribution in [2.24, 2.45) is 5.92 Å². The van der Waals surface area contributed by atoms with E-state index in [9.17, 15) is 23.1 Å². The summed E-state index contributed by atoms with van der Waals surface area (Å²) in [6.07, 6.45) is -3.88. The first-order valence-electron chi connectivity index (χ1n) is 7.69. The molecule has 2 rings (SSSR count). The highest BCUT2D eigenvalue weighted by molar-refractivity contribution is 5.76. The van der Waals surface area contributed by atoms with Crippen LogP contribution in [0.25, 0.3) is 11.1 Å². The highest BCUT2D eigenvalue weighted by atomic mass is 19.4. The second-order valence-corrected chi connectivity index (χ2v) is 6.22. The Kier molecular flexibility index (Phi) is 5.32. The van der Waals surface area contributed by atoms with Gasteiger partial charge in [0.1, 0.15) is 0 Å². The highest BCUT2D eigenvalue weighted by Gasteiger charge is 2.30. The monoisotopic (exact) mass is 336 g/mol. The van der Waals surface area contributed by atoms with E-state index in [4.69, 9.17) is 0 Å². The molecule has 5 heteroatoms. The lowest BCUT2D eigenvalue weighted by Crippen LogP contribution is -2.13. The van der Waals surface area contributed by atoms with Crippen molar-refractivity contribution < 1.29 is 23.1 Å². The van der Waals surface area contributed by atoms with Crippen molar-refractivity contribution in [2.75, 3.05) is 0 Å². The Morgan fingerprint density at radius 1 is 1.04 bits per heavy atom. The van der Waals surface area contributed by atoms with Gasteiger partial charge in [-0.1, -0.05) is 50.2 Å². The van der Waals surface area contributed by atoms with Gasteiger partial charge in [-0.2, -0.15) is 13.2 Å². The lowest BCUT2D eigenvalue weighted by molar-refractivity contribution is -0.139. The average molecular weight is 336 g/mol. The SMILES string of the molecule is CC(C)C[C@H](C(=O)O)c1ccc(-c2cccc(C(F)(F)F)c2)cc1. The van der Waals surface area contributed by atoms with Crippen molar-refractivity contribution in [3.63, 3.8) is 0 Å². The van der Waals surface area contributed by atoms with Gasteiger partial charge in [-0.05, 0) is 41.2 Å². The third-order valence-electron chi connectivity index (χ3n) is 3.84. The zero-order chi connectivity index (χ0) is 17.9. The number of carboxylic acid groups (broad SMARTS) is 1. The Morgan fingerprint density at radius 2 is 1.67 bits per heavy atom. The molecule has 0 bridgehead atoms. The van der Waals surface area contributed by atoms with Crippen LogP contribution in [0.1, 0.15) is 37.3 Å². The number of aliphatic carboxylic acids is 1. The molecule has 0 saturated heterocycles. The molecule has 0 amide bonds. The number of halogens is 3. The molecular weight excluding hydrogens is 317 g/mol. The molecule has 0 aliphatic heterocycles. The van der Waals surface area contributed by atoms with E-state index in [1.54, 1.807) is 30.3 Å². The fourth-order valence-corrected chi connectivity index (χ4v) is 2.63. The number of carbonyl (C=O) groups is 1. The van der Waals surface area contributed by atoms with Gasteiger partial charge in [0.15, 0.2) is 0 Å². The molecule has 2 aromatic carbocycles. The average Bonchev–Trinajstić information content (AvgIpc) is 2.52. The van der Waals surface area contributed by atoms with Gasteiger partial charge in [0.05, 0.1) is 11.5 Å². The van der Waals surface area contributed by atoms with Crippen molar-refractivity contribution in [2.45, 2.75) is 32.4 Å². The summed E-state index contributed by atoms with van der Waals surface area (Å²) < 4.78 is 38.4. The van der Waals surface area contributed by atoms with Crippen molar-refractivity contribution in [1.29, 1.82) is 0 Å². The van der Waals surface area contributed by atoms with Gasteiger partial charge in [-0.25, -0.2) is 0 Å². The molecule has 0 spiro atoms. The lowest BCUT2D eigenvalue weighted by Gasteiger charge is -2.15. The Labute approximate surface area is 138 Å². The van der Waals surface area contributed by atoms with Crippen LogP contribution in [0, 0.1) is 5.92 Å². The minimum absolute atomic E-state index is 0.231. The first-order valence-corrected chi connectivity index (χ1v) is 7.69. The highest BCUT2D eigenvalue weighted by Crippen LogP contribution is 2.33. The molecule has 0 unspecified atom stereocenters. The van der Waals surface area contributed by atoms with Crippen LogP contribution in [-0.4, -0.2) is 11.1 Å². The van der Waals surface area contributed by atoms with E-state index >= 15 is 0 Å². The van der Waals surface area contributed by atoms with Gasteiger partial charge in [0, 0.05) is 0 Å². The maximum absolute atomic E-state index is 12.8. The number of hydrogen-bond donors (Lipinski definition) is 1. The topological polar surface area (TPSA) is 37.3 Å². The molecule has 1 N–H and O–H groups in total. The molecule has 0 aliphatic rings. The van der Waals surface area contributed by atoms with Crippen LogP contribution in [-0.2, 0) is 11.0 Å². The maximum atomic E-state index is 12.8. The molecule has 0 aliphatic carbocycles. The smallest absolute Gasteiger partial charge is 0.416 e. The summed E-state index contributed by atoms with van der Waals surface area (Å²) in [4.78, 5) is 11.4. The number of hydrogen-bond acceptors (Lipinski definition) is 1. The van der Waals surface area contributed by atoms with E-state index in [-0.39, 0.29) is 5.92 Å². The van der Waals surface area contributed by atoms with Gasteiger partial charge in [-0.3, -0.25) is 4.79 Å². The van der Waals surface area contributed by atoms with E-state index < -0.39 is 23.6 Å². The lowest BCUT2D eigenvalue weighted by atomic mass is 9.89. The molecule has 0 radical (unpaired) electrons. The summed E-state index contributed by atoms with van der Waals surface area (Å²) in [5.41, 5.74) is 1.03. The summed E-state index contributed by atoms with van der Waals surface area (Å²) >= 11 is 0. The van der Waals surface area contributed by atoms with Gasteiger partial charge >= 0.3 is 12.1 Å². The van der Waals surface area contributed by atoms with E-state index in [1.807, 2.05) is 13.8 Å². The summed E-state index contributed by atoms with van der Waals surface area (Å²) in [6, 6.07) is 11.8. The van der Waals surface area contributed by atoms with E-state index in [0.717, 1.165) is 12.1 Å². The molecule has 128 valence electrons. The number of carboxylic acids is 1. The molecule has 0 saturated carbocycles. The Hall–Kier alpha value is -2.30. The first kappa shape index (κ1) is 18.0. The third-order valence-corrected chi connectivity index (χ3v) is 3.84. The zero-order valence-electron chi connectivity index (χ0n) is 13.5. The van der Waals surface area contributed by atoms with Crippen LogP contribution in [0.2, 0.25) is 0 Å². The Morgan fingerprint density at radius 3 is 2.17 bits per heavy atom. The van der Waals surface area contributed by atoms with E-state index in [0.29, 0.717) is 23.1 Å². The van der Waals surface area contributed by atoms with Crippen LogP contribution >= 0.6 is 0 Å². The summed E-state index contributed by atoms with van der Waals surface area (Å²) in [5, 5.41) is 9.36. The largest absolute Gasteiger partial charge is 0.481 e. The Balaban J connectivity index is 2.31. The molecule has 24 heavy (non-hydrogen) atoms. The molecule has 0 fully saturated rings. The molecule has 0 aromatic heterocycles. The minimum Gasteiger partial charge on any atom is -0.481 e. The van der Waals surface area contributed by atoms with Gasteiger partial charge in [0.25, 0.3) is 0 Å². The van der Waals surface area contributed by atoms with Crippen LogP contribution in [0.5, 0.6) is 0 Å². The normalized spacial score (nSPS) is 13.1. The van der Waals surface area contributed by atoms with Gasteiger partial charge in [0.2, 0.25) is 0 Å². The summed E-state index contributed by atoms with van der Waals surface area (Å²) in [7, 11) is 0. The second kappa shape index (κ2) is 7.07. The van der Waals surface area contributed by atoms with Crippen molar-refractivity contribution in [3.8, 4) is 11.1 Å². The second-order valence-electron chi connectivity index (χ2n) is 6.22. The van der Waals surface area contributed by atoms with Gasteiger partial charge in [-0.15, -0.1) is 0 Å². The first-order chi connectivity index (χ1) is 11.2. The van der Waals surface area contributed by atoms with Crippen molar-refractivity contribution in [1.82, 2.24) is 0 Å². The quantitative estimate of drug-likeness (QED) is 0.773. The maximum Gasteiger partial charge on any atom is 0.416 e. The standard InChI is InChI=1S/C19H19F3O2/c1-12(2)10-17(18(23)24)14-8-6-13(7-9-14)15-4-3-5-16(11-15)19(20,21)22/h3-9,11-12,17H,10H2,1-2H3,(H,23,24)/t17-/m0/s1. The predicted molar refractivity (Wildman–Crippen MR) is 86.7 cm³/mol. The van der Waals surface area contributed by atoms with Crippen LogP contribution in [0.15, 0.2) is 48.5 Å². The molecule has 2 aromatic rings. The fraction of sp³-hybridized carbons (Fsp3) is 0.316. The number of benzene rings is 2. The van der Waals surface area contributed by atoms with Crippen molar-refractivity contribution >= 4 is 5.97 Å². The number of alkyl halides is 3. The predicted octanol–water partition coefficient (Wildman–Crippen LogP) is 5.59. The Bertz CT molecular complexity index is 703. The zero-order valence-corrected chi connectivity index (χ0v) is 13.5. The molecule has 1 atom stereocenters. The van der Waals surface area contributed by atoms with Crippen molar-refractivity contribution in [3.05, 3.63) is 59.7 Å². The molecule has 2 nitrogen and oxygen atoms in total. The van der Waals surface area contributed by atoms with Crippen LogP contribution < -0.4 is 0 Å². The third kappa shape index (κ3) is 4.37. The fourth-order valence-electron chi connectivity index (χ4n) is 2.63. The van der Waals surface area contributed by atoms with E-state index in [2.05, 4.69) is 0 Å². The molecular formula is C19H19F3O2. The number of rotatable bonds is 5. The molecule has 0 heterocycles. The van der Waals surface area contributed by atoms with Crippen LogP contribution in [0.4, 0.5) is 13.2 Å². The summed E-state index contributed by atoms with van der Waals surface area (Å²) in [6.45, 7) is 3.90. The summed E-state index contributed by atoms with van der Waals surface area (Å²) in [5.74, 6) is -1.27. The van der Waals surface area contributed by atoms with Crippen LogP contribution in [0.3, 0.4) is 0 Å².